The fourth-order valence-electron chi connectivity index (χ4n) is 5.82. The van der Waals surface area contributed by atoms with Crippen LogP contribution in [0.2, 0.25) is 0 Å². The molecular weight excluding hydrogens is 456 g/mol. The molecule has 3 aromatic carbocycles. The van der Waals surface area contributed by atoms with Crippen molar-refractivity contribution in [3.63, 3.8) is 0 Å². The van der Waals surface area contributed by atoms with Gasteiger partial charge >= 0.3 is 5.97 Å². The summed E-state index contributed by atoms with van der Waals surface area (Å²) in [6, 6.07) is 20.1. The molecule has 0 bridgehead atoms. The van der Waals surface area contributed by atoms with Crippen molar-refractivity contribution in [3.05, 3.63) is 66.7 Å². The third-order valence-corrected chi connectivity index (χ3v) is 7.67. The minimum Gasteiger partial charge on any atom is -0.426 e. The molecule has 0 N–H and O–H groups in total. The molecule has 7 nitrogen and oxygen atoms in total. The molecule has 2 heterocycles. The third-order valence-electron chi connectivity index (χ3n) is 7.67. The number of rotatable bonds is 4. The second kappa shape index (κ2) is 8.90. The van der Waals surface area contributed by atoms with Gasteiger partial charge in [0.05, 0.1) is 29.1 Å². The molecule has 0 spiro atoms. The summed E-state index contributed by atoms with van der Waals surface area (Å²) >= 11 is 0. The SMILES string of the molecule is O=C(Oc1ccc(N2C(=O)[C@@H]3CCCC[C@H]3C2=O)cc1)[C@H]1CC(=O)N(c2cccc3ccccc23)C1. The molecule has 6 rings (SSSR count). The molecule has 1 saturated carbocycles. The average molecular weight is 483 g/mol. The van der Waals surface area contributed by atoms with Crippen molar-refractivity contribution in [3.8, 4) is 5.75 Å². The predicted octanol–water partition coefficient (Wildman–Crippen LogP) is 4.48. The van der Waals surface area contributed by atoms with Gasteiger partial charge in [0.2, 0.25) is 17.7 Å². The molecular formula is C29H26N2O5. The van der Waals surface area contributed by atoms with Crippen molar-refractivity contribution in [2.75, 3.05) is 16.3 Å². The van der Waals surface area contributed by atoms with Crippen molar-refractivity contribution in [2.24, 2.45) is 17.8 Å². The van der Waals surface area contributed by atoms with Crippen molar-refractivity contribution in [1.82, 2.24) is 0 Å². The minimum absolute atomic E-state index is 0.0830. The first-order valence-electron chi connectivity index (χ1n) is 12.5. The highest BCUT2D eigenvalue weighted by Gasteiger charge is 2.48. The smallest absolute Gasteiger partial charge is 0.316 e. The Morgan fingerprint density at radius 3 is 2.19 bits per heavy atom. The Bertz CT molecular complexity index is 1350. The molecule has 182 valence electrons. The first-order chi connectivity index (χ1) is 17.5. The highest BCUT2D eigenvalue weighted by molar-refractivity contribution is 6.22. The molecule has 2 aliphatic heterocycles. The number of carbonyl (C=O) groups is 4. The number of esters is 1. The van der Waals surface area contributed by atoms with Crippen LogP contribution in [-0.4, -0.2) is 30.2 Å². The Hall–Kier alpha value is -4.00. The van der Waals surface area contributed by atoms with E-state index in [0.717, 1.165) is 42.1 Å². The van der Waals surface area contributed by atoms with Crippen LogP contribution < -0.4 is 14.5 Å². The summed E-state index contributed by atoms with van der Waals surface area (Å²) in [6.07, 6.45) is 3.56. The number of hydrogen-bond donors (Lipinski definition) is 0. The van der Waals surface area contributed by atoms with Crippen molar-refractivity contribution >= 4 is 45.8 Å². The van der Waals surface area contributed by atoms with Crippen LogP contribution in [0.5, 0.6) is 5.75 Å². The number of ether oxygens (including phenoxy) is 1. The van der Waals surface area contributed by atoms with E-state index in [0.29, 0.717) is 11.4 Å². The monoisotopic (exact) mass is 482 g/mol. The van der Waals surface area contributed by atoms with Crippen LogP contribution in [0.15, 0.2) is 66.7 Å². The van der Waals surface area contributed by atoms with Crippen LogP contribution in [0.3, 0.4) is 0 Å². The summed E-state index contributed by atoms with van der Waals surface area (Å²) in [5.74, 6) is -1.55. The summed E-state index contributed by atoms with van der Waals surface area (Å²) in [6.45, 7) is 0.253. The van der Waals surface area contributed by atoms with E-state index < -0.39 is 11.9 Å². The maximum atomic E-state index is 12.9. The van der Waals surface area contributed by atoms with Crippen LogP contribution in [0.4, 0.5) is 11.4 Å². The number of imide groups is 1. The van der Waals surface area contributed by atoms with Crippen LogP contribution in [-0.2, 0) is 19.2 Å². The molecule has 7 heteroatoms. The van der Waals surface area contributed by atoms with Gasteiger partial charge in [-0.05, 0) is 48.6 Å². The molecule has 36 heavy (non-hydrogen) atoms. The van der Waals surface area contributed by atoms with E-state index >= 15 is 0 Å². The van der Waals surface area contributed by atoms with Gasteiger partial charge in [-0.1, -0.05) is 49.2 Å². The van der Waals surface area contributed by atoms with Crippen molar-refractivity contribution < 1.29 is 23.9 Å². The van der Waals surface area contributed by atoms with Crippen molar-refractivity contribution in [2.45, 2.75) is 32.1 Å². The zero-order valence-electron chi connectivity index (χ0n) is 19.8. The Morgan fingerprint density at radius 2 is 1.47 bits per heavy atom. The summed E-state index contributed by atoms with van der Waals surface area (Å²) < 4.78 is 5.58. The quantitative estimate of drug-likeness (QED) is 0.311. The Kier molecular flexibility index (Phi) is 5.55. The van der Waals surface area contributed by atoms with Gasteiger partial charge in [0.1, 0.15) is 5.75 Å². The van der Waals surface area contributed by atoms with E-state index in [1.165, 1.54) is 4.90 Å². The van der Waals surface area contributed by atoms with Gasteiger partial charge in [0, 0.05) is 18.4 Å². The standard InChI is InChI=1S/C29H26N2O5/c32-26-16-19(17-30(26)25-11-5-7-18-6-1-2-8-22(18)25)29(35)36-21-14-12-20(13-15-21)31-27(33)23-9-3-4-10-24(23)28(31)34/h1-2,5-8,11-15,19,23-24H,3-4,9-10,16-17H2/t19-,23+,24+/m0/s1. The average Bonchev–Trinajstić information content (AvgIpc) is 3.41. The highest BCUT2D eigenvalue weighted by Crippen LogP contribution is 2.40. The van der Waals surface area contributed by atoms with Crippen LogP contribution in [0.25, 0.3) is 10.8 Å². The lowest BCUT2D eigenvalue weighted by molar-refractivity contribution is -0.139. The van der Waals surface area contributed by atoms with Gasteiger partial charge in [-0.15, -0.1) is 0 Å². The summed E-state index contributed by atoms with van der Waals surface area (Å²) in [4.78, 5) is 54.3. The largest absolute Gasteiger partial charge is 0.426 e. The summed E-state index contributed by atoms with van der Waals surface area (Å²) in [5.41, 5.74) is 1.29. The molecule has 1 aliphatic carbocycles. The predicted molar refractivity (Wildman–Crippen MR) is 134 cm³/mol. The van der Waals surface area contributed by atoms with E-state index in [9.17, 15) is 19.2 Å². The molecule has 0 unspecified atom stereocenters. The molecule has 3 aliphatic rings. The minimum atomic E-state index is -0.582. The molecule has 3 fully saturated rings. The van der Waals surface area contributed by atoms with Gasteiger partial charge in [0.25, 0.3) is 0 Å². The van der Waals surface area contributed by atoms with E-state index in [2.05, 4.69) is 0 Å². The second-order valence-electron chi connectivity index (χ2n) is 9.83. The summed E-state index contributed by atoms with van der Waals surface area (Å²) in [5, 5.41) is 1.99. The van der Waals surface area contributed by atoms with Gasteiger partial charge < -0.3 is 9.64 Å². The first kappa shape index (κ1) is 22.5. The highest BCUT2D eigenvalue weighted by atomic mass is 16.5. The molecule has 3 aromatic rings. The van der Waals surface area contributed by atoms with Crippen LogP contribution in [0.1, 0.15) is 32.1 Å². The summed E-state index contributed by atoms with van der Waals surface area (Å²) in [7, 11) is 0. The topological polar surface area (TPSA) is 84.0 Å². The van der Waals surface area contributed by atoms with E-state index in [-0.39, 0.29) is 42.5 Å². The number of benzene rings is 3. The lowest BCUT2D eigenvalue weighted by atomic mass is 9.81. The molecule has 2 saturated heterocycles. The van der Waals surface area contributed by atoms with Crippen LogP contribution in [0, 0.1) is 17.8 Å². The normalized spacial score (nSPS) is 23.9. The van der Waals surface area contributed by atoms with Gasteiger partial charge in [-0.3, -0.25) is 24.1 Å². The van der Waals surface area contributed by atoms with Gasteiger partial charge in [0.15, 0.2) is 0 Å². The lowest BCUT2D eigenvalue weighted by Gasteiger charge is -2.19. The zero-order valence-corrected chi connectivity index (χ0v) is 19.8. The van der Waals surface area contributed by atoms with E-state index in [4.69, 9.17) is 4.74 Å². The van der Waals surface area contributed by atoms with E-state index in [1.54, 1.807) is 29.2 Å². The van der Waals surface area contributed by atoms with Crippen molar-refractivity contribution in [1.29, 1.82) is 0 Å². The Labute approximate surface area is 208 Å². The molecule has 3 amide bonds. The Morgan fingerprint density at radius 1 is 0.806 bits per heavy atom. The lowest BCUT2D eigenvalue weighted by Crippen LogP contribution is -2.30. The Balaban J connectivity index is 1.14. The maximum Gasteiger partial charge on any atom is 0.316 e. The number of anilines is 2. The van der Waals surface area contributed by atoms with E-state index in [1.807, 2.05) is 42.5 Å². The molecule has 3 atom stereocenters. The molecule has 0 radical (unpaired) electrons. The molecule has 0 aromatic heterocycles. The fourth-order valence-corrected chi connectivity index (χ4v) is 5.82. The zero-order chi connectivity index (χ0) is 24.8. The number of hydrogen-bond acceptors (Lipinski definition) is 5. The number of nitrogens with zero attached hydrogens (tertiary/aromatic N) is 2. The number of fused-ring (bicyclic) bond motifs is 2. The number of amides is 3. The number of carbonyl (C=O) groups excluding carboxylic acids is 4. The fraction of sp³-hybridized carbons (Fsp3) is 0.310. The third kappa shape index (κ3) is 3.75. The first-order valence-corrected chi connectivity index (χ1v) is 12.5. The van der Waals surface area contributed by atoms with Gasteiger partial charge in [-0.25, -0.2) is 0 Å². The maximum absolute atomic E-state index is 12.9. The second-order valence-corrected chi connectivity index (χ2v) is 9.83. The van der Waals surface area contributed by atoms with Gasteiger partial charge in [-0.2, -0.15) is 0 Å². The van der Waals surface area contributed by atoms with Crippen LogP contribution >= 0.6 is 0 Å².